The van der Waals surface area contributed by atoms with Crippen LogP contribution in [0.3, 0.4) is 0 Å². The number of nitrogens with zero attached hydrogens (tertiary/aromatic N) is 4. The molecule has 1 amide bonds. The van der Waals surface area contributed by atoms with E-state index in [0.29, 0.717) is 34.1 Å². The summed E-state index contributed by atoms with van der Waals surface area (Å²) >= 11 is 0. The van der Waals surface area contributed by atoms with Crippen LogP contribution in [0.5, 0.6) is 17.2 Å². The van der Waals surface area contributed by atoms with Crippen LogP contribution in [0, 0.1) is 12.8 Å². The van der Waals surface area contributed by atoms with E-state index in [1.165, 1.54) is 10.9 Å². The molecule has 3 heterocycles. The van der Waals surface area contributed by atoms with E-state index in [-0.39, 0.29) is 23.8 Å². The van der Waals surface area contributed by atoms with Gasteiger partial charge in [0.25, 0.3) is 11.5 Å². The van der Waals surface area contributed by atoms with Crippen LogP contribution in [0.4, 0.5) is 5.82 Å². The Bertz CT molecular complexity index is 1920. The molecule has 0 fully saturated rings. The number of hydrogen-bond acceptors (Lipinski definition) is 9. The Morgan fingerprint density at radius 3 is 2.39 bits per heavy atom. The summed E-state index contributed by atoms with van der Waals surface area (Å²) in [6.45, 7) is 7.16. The highest BCUT2D eigenvalue weighted by Gasteiger charge is 2.27. The Balaban J connectivity index is 1.37. The maximum atomic E-state index is 13.7. The smallest absolute Gasteiger partial charge is 0.323 e. The van der Waals surface area contributed by atoms with E-state index >= 15 is 0 Å². The van der Waals surface area contributed by atoms with E-state index in [2.05, 4.69) is 15.3 Å². The predicted octanol–water partition coefficient (Wildman–Crippen LogP) is 4.86. The van der Waals surface area contributed by atoms with Gasteiger partial charge in [0, 0.05) is 17.6 Å². The fourth-order valence-corrected chi connectivity index (χ4v) is 4.92. The minimum Gasteiger partial charge on any atom is -0.497 e. The molecule has 5 rings (SSSR count). The summed E-state index contributed by atoms with van der Waals surface area (Å²) in [7, 11) is 1.59. The molecular formula is C34H36N6O6. The van der Waals surface area contributed by atoms with Crippen LogP contribution in [0.25, 0.3) is 16.6 Å². The largest absolute Gasteiger partial charge is 0.497 e. The topological polar surface area (TPSA) is 153 Å². The summed E-state index contributed by atoms with van der Waals surface area (Å²) in [6, 6.07) is 18.6. The summed E-state index contributed by atoms with van der Waals surface area (Å²) in [5.41, 5.74) is 7.02. The van der Waals surface area contributed by atoms with Crippen molar-refractivity contribution in [2.24, 2.45) is 11.7 Å². The van der Waals surface area contributed by atoms with Crippen molar-refractivity contribution in [2.45, 2.75) is 46.4 Å². The number of para-hydroxylation sites is 1. The molecule has 0 saturated carbocycles. The van der Waals surface area contributed by atoms with Crippen molar-refractivity contribution in [3.63, 3.8) is 0 Å². The third-order valence-corrected chi connectivity index (χ3v) is 7.48. The lowest BCUT2D eigenvalue weighted by atomic mass is 10.1. The molecule has 238 valence electrons. The van der Waals surface area contributed by atoms with Crippen molar-refractivity contribution in [3.8, 4) is 22.9 Å². The van der Waals surface area contributed by atoms with E-state index in [9.17, 15) is 14.4 Å². The number of amides is 1. The Morgan fingerprint density at radius 2 is 1.72 bits per heavy atom. The van der Waals surface area contributed by atoms with Gasteiger partial charge in [-0.15, -0.1) is 0 Å². The van der Waals surface area contributed by atoms with Crippen molar-refractivity contribution < 1.29 is 23.8 Å². The number of esters is 1. The quantitative estimate of drug-likeness (QED) is 0.196. The van der Waals surface area contributed by atoms with Gasteiger partial charge in [-0.25, -0.2) is 9.67 Å². The molecule has 0 aliphatic carbocycles. The Hall–Kier alpha value is -5.49. The van der Waals surface area contributed by atoms with Crippen molar-refractivity contribution >= 4 is 28.6 Å². The number of pyridine rings is 2. The third kappa shape index (κ3) is 6.76. The van der Waals surface area contributed by atoms with E-state index in [1.54, 1.807) is 74.3 Å². The lowest BCUT2D eigenvalue weighted by Crippen LogP contribution is -2.39. The van der Waals surface area contributed by atoms with Crippen molar-refractivity contribution in [3.05, 3.63) is 101 Å². The maximum Gasteiger partial charge on any atom is 0.323 e. The summed E-state index contributed by atoms with van der Waals surface area (Å²) in [6.07, 6.45) is 2.48. The van der Waals surface area contributed by atoms with Gasteiger partial charge in [0.15, 0.2) is 0 Å². The number of rotatable bonds is 11. The summed E-state index contributed by atoms with van der Waals surface area (Å²) in [5.74, 6) is 0.669. The first-order valence-electron chi connectivity index (χ1n) is 14.8. The molecule has 3 aromatic heterocycles. The molecule has 2 atom stereocenters. The first-order chi connectivity index (χ1) is 22.1. The highest BCUT2D eigenvalue weighted by molar-refractivity contribution is 6.04. The fraction of sp³-hybridized carbons (Fsp3) is 0.265. The minimum absolute atomic E-state index is 0.0675. The molecule has 0 aliphatic rings. The van der Waals surface area contributed by atoms with Crippen molar-refractivity contribution in [2.75, 3.05) is 12.4 Å². The van der Waals surface area contributed by atoms with Crippen LogP contribution in [0.15, 0.2) is 83.9 Å². The normalized spacial score (nSPS) is 12.5. The Kier molecular flexibility index (Phi) is 9.47. The lowest BCUT2D eigenvalue weighted by molar-refractivity contribution is -0.151. The molecule has 3 N–H and O–H groups in total. The summed E-state index contributed by atoms with van der Waals surface area (Å²) < 4.78 is 19.9. The van der Waals surface area contributed by atoms with E-state index < -0.39 is 29.6 Å². The number of benzene rings is 2. The van der Waals surface area contributed by atoms with Crippen molar-refractivity contribution in [1.29, 1.82) is 0 Å². The number of carbonyl (C=O) groups excluding carboxylic acids is 2. The van der Waals surface area contributed by atoms with Gasteiger partial charge in [0.05, 0.1) is 36.7 Å². The van der Waals surface area contributed by atoms with Gasteiger partial charge in [-0.1, -0.05) is 32.0 Å². The van der Waals surface area contributed by atoms with Crippen LogP contribution in [-0.4, -0.2) is 50.5 Å². The summed E-state index contributed by atoms with van der Waals surface area (Å²) in [4.78, 5) is 48.5. The molecule has 0 aliphatic heterocycles. The number of nitrogens with two attached hydrogens (primary N) is 1. The number of fused-ring (bicyclic) bond motifs is 1. The molecular weight excluding hydrogens is 588 g/mol. The number of methoxy groups -OCH3 is 1. The van der Waals surface area contributed by atoms with Crippen LogP contribution in [0.1, 0.15) is 36.8 Å². The van der Waals surface area contributed by atoms with Gasteiger partial charge in [-0.3, -0.25) is 24.0 Å². The van der Waals surface area contributed by atoms with Gasteiger partial charge in [0.2, 0.25) is 0 Å². The molecule has 46 heavy (non-hydrogen) atoms. The highest BCUT2D eigenvalue weighted by atomic mass is 16.5. The maximum absolute atomic E-state index is 13.7. The van der Waals surface area contributed by atoms with Crippen LogP contribution in [0.2, 0.25) is 0 Å². The monoisotopic (exact) mass is 624 g/mol. The molecule has 5 aromatic rings. The number of carbonyl (C=O) groups is 2. The van der Waals surface area contributed by atoms with E-state index in [1.807, 2.05) is 38.1 Å². The van der Waals surface area contributed by atoms with Gasteiger partial charge in [-0.2, -0.15) is 0 Å². The minimum atomic E-state index is -0.775. The Labute approximate surface area is 265 Å². The van der Waals surface area contributed by atoms with Crippen LogP contribution in [-0.2, 0) is 16.1 Å². The van der Waals surface area contributed by atoms with Gasteiger partial charge in [0.1, 0.15) is 40.8 Å². The fourth-order valence-electron chi connectivity index (χ4n) is 4.92. The molecule has 12 heteroatoms. The number of ether oxygens (including phenoxy) is 3. The average Bonchev–Trinajstić information content (AvgIpc) is 3.29. The molecule has 2 aromatic carbocycles. The van der Waals surface area contributed by atoms with E-state index in [4.69, 9.17) is 19.9 Å². The zero-order valence-corrected chi connectivity index (χ0v) is 26.3. The Morgan fingerprint density at radius 1 is 0.978 bits per heavy atom. The first kappa shape index (κ1) is 31.9. The molecule has 0 unspecified atom stereocenters. The van der Waals surface area contributed by atoms with Gasteiger partial charge < -0.3 is 25.3 Å². The second-order valence-electron chi connectivity index (χ2n) is 11.1. The first-order valence-corrected chi connectivity index (χ1v) is 14.8. The number of nitrogens with one attached hydrogen (secondary N) is 1. The second-order valence-corrected chi connectivity index (χ2v) is 11.1. The number of aromatic nitrogens is 4. The molecule has 0 bridgehead atoms. The summed E-state index contributed by atoms with van der Waals surface area (Å²) in [5, 5.41) is 3.51. The van der Waals surface area contributed by atoms with Gasteiger partial charge in [-0.05, 0) is 62.2 Å². The molecule has 12 nitrogen and oxygen atoms in total. The zero-order valence-electron chi connectivity index (χ0n) is 26.3. The average molecular weight is 625 g/mol. The zero-order chi connectivity index (χ0) is 33.0. The van der Waals surface area contributed by atoms with Gasteiger partial charge >= 0.3 is 5.97 Å². The van der Waals surface area contributed by atoms with E-state index in [0.717, 1.165) is 5.39 Å². The highest BCUT2D eigenvalue weighted by Crippen LogP contribution is 2.31. The van der Waals surface area contributed by atoms with Crippen LogP contribution < -0.4 is 26.1 Å². The SMILES string of the molecule is COc1ccc2c(Oc3ccc(NC(=O)c4c(C)n(C[C@H](C)OC(=O)[C@@H](N)C(C)C)n(-c5ccccc5)c4=O)nc3)ccnc2c1. The molecule has 0 radical (unpaired) electrons. The van der Waals surface area contributed by atoms with Crippen LogP contribution >= 0.6 is 0 Å². The molecule has 0 saturated heterocycles. The number of hydrogen-bond donors (Lipinski definition) is 2. The second kappa shape index (κ2) is 13.7. The lowest BCUT2D eigenvalue weighted by Gasteiger charge is -2.21. The standard InChI is InChI=1S/C34H36N6O6/c1-20(2)31(35)34(43)45-21(3)19-39-22(4)30(33(42)40(39)23-9-7-6-8-10-23)32(41)38-29-14-12-25(18-37-29)46-28-15-16-36-27-17-24(44-5)11-13-26(27)28/h6-18,20-21,31H,19,35H2,1-5H3,(H,37,38,41)/t21-,31-/m0/s1. The molecule has 0 spiro atoms. The third-order valence-electron chi connectivity index (χ3n) is 7.48. The van der Waals surface area contributed by atoms with Crippen molar-refractivity contribution in [1.82, 2.24) is 19.3 Å². The number of anilines is 1. The predicted molar refractivity (Wildman–Crippen MR) is 174 cm³/mol.